The molecule has 0 bridgehead atoms. The number of ether oxygens (including phenoxy) is 2. The molecule has 0 N–H and O–H groups in total. The SMILES string of the molecule is O=C(C1CCCCC1)N1CCCC(COc2ccc(CN3CCOCC3)cc2)C1. The van der Waals surface area contributed by atoms with Gasteiger partial charge in [-0.05, 0) is 43.4 Å². The van der Waals surface area contributed by atoms with E-state index in [0.717, 1.165) is 77.4 Å². The Morgan fingerprint density at radius 3 is 2.48 bits per heavy atom. The van der Waals surface area contributed by atoms with E-state index >= 15 is 0 Å². The molecule has 1 aromatic rings. The topological polar surface area (TPSA) is 42.0 Å². The van der Waals surface area contributed by atoms with Crippen LogP contribution >= 0.6 is 0 Å². The molecule has 1 unspecified atom stereocenters. The normalized spacial score (nSPS) is 24.4. The Morgan fingerprint density at radius 1 is 0.966 bits per heavy atom. The summed E-state index contributed by atoms with van der Waals surface area (Å²) >= 11 is 0. The molecule has 2 saturated heterocycles. The number of rotatable bonds is 6. The number of piperidine rings is 1. The molecule has 5 heteroatoms. The molecule has 3 aliphatic rings. The Kier molecular flexibility index (Phi) is 7.44. The van der Waals surface area contributed by atoms with Crippen molar-refractivity contribution in [3.05, 3.63) is 29.8 Å². The van der Waals surface area contributed by atoms with Crippen molar-refractivity contribution in [1.29, 1.82) is 0 Å². The second-order valence-corrected chi connectivity index (χ2v) is 8.97. The Balaban J connectivity index is 1.22. The van der Waals surface area contributed by atoms with Gasteiger partial charge in [0.05, 0.1) is 19.8 Å². The van der Waals surface area contributed by atoms with Crippen molar-refractivity contribution in [2.24, 2.45) is 11.8 Å². The molecule has 29 heavy (non-hydrogen) atoms. The maximum Gasteiger partial charge on any atom is 0.225 e. The molecule has 0 spiro atoms. The number of amides is 1. The summed E-state index contributed by atoms with van der Waals surface area (Å²) in [5.74, 6) is 2.07. The molecule has 1 saturated carbocycles. The van der Waals surface area contributed by atoms with Crippen LogP contribution in [-0.4, -0.2) is 61.7 Å². The molecule has 4 rings (SSSR count). The predicted octanol–water partition coefficient (Wildman–Crippen LogP) is 3.72. The Morgan fingerprint density at radius 2 is 1.72 bits per heavy atom. The van der Waals surface area contributed by atoms with Gasteiger partial charge in [-0.1, -0.05) is 31.4 Å². The lowest BCUT2D eigenvalue weighted by atomic mass is 9.87. The van der Waals surface area contributed by atoms with Crippen molar-refractivity contribution >= 4 is 5.91 Å². The number of benzene rings is 1. The number of hydrogen-bond donors (Lipinski definition) is 0. The minimum Gasteiger partial charge on any atom is -0.493 e. The summed E-state index contributed by atoms with van der Waals surface area (Å²) in [5.41, 5.74) is 1.32. The molecule has 1 aromatic carbocycles. The van der Waals surface area contributed by atoms with Crippen molar-refractivity contribution in [2.45, 2.75) is 51.5 Å². The van der Waals surface area contributed by atoms with Crippen LogP contribution in [0.25, 0.3) is 0 Å². The number of carbonyl (C=O) groups is 1. The summed E-state index contributed by atoms with van der Waals surface area (Å²) in [5, 5.41) is 0. The summed E-state index contributed by atoms with van der Waals surface area (Å²) in [6.07, 6.45) is 8.18. The first-order valence-corrected chi connectivity index (χ1v) is 11.6. The molecule has 160 valence electrons. The highest BCUT2D eigenvalue weighted by molar-refractivity contribution is 5.79. The average Bonchev–Trinajstić information content (AvgIpc) is 2.80. The molecule has 1 aliphatic carbocycles. The largest absolute Gasteiger partial charge is 0.493 e. The number of hydrogen-bond acceptors (Lipinski definition) is 4. The first-order chi connectivity index (χ1) is 14.3. The molecule has 0 aromatic heterocycles. The van der Waals surface area contributed by atoms with E-state index in [2.05, 4.69) is 34.1 Å². The lowest BCUT2D eigenvalue weighted by Gasteiger charge is -2.35. The second-order valence-electron chi connectivity index (χ2n) is 8.97. The molecule has 2 heterocycles. The van der Waals surface area contributed by atoms with Crippen molar-refractivity contribution < 1.29 is 14.3 Å². The zero-order valence-corrected chi connectivity index (χ0v) is 17.7. The highest BCUT2D eigenvalue weighted by atomic mass is 16.5. The number of carbonyl (C=O) groups excluding carboxylic acids is 1. The van der Waals surface area contributed by atoms with Crippen molar-refractivity contribution in [3.8, 4) is 5.75 Å². The van der Waals surface area contributed by atoms with E-state index < -0.39 is 0 Å². The minimum atomic E-state index is 0.280. The van der Waals surface area contributed by atoms with Crippen LogP contribution in [0.15, 0.2) is 24.3 Å². The molecular weight excluding hydrogens is 364 g/mol. The molecule has 1 atom stereocenters. The lowest BCUT2D eigenvalue weighted by Crippen LogP contribution is -2.44. The maximum atomic E-state index is 12.8. The van der Waals surface area contributed by atoms with Crippen LogP contribution in [0, 0.1) is 11.8 Å². The van der Waals surface area contributed by atoms with Gasteiger partial charge in [0.15, 0.2) is 0 Å². The number of morpholine rings is 1. The summed E-state index contributed by atoms with van der Waals surface area (Å²) < 4.78 is 11.5. The third-order valence-corrected chi connectivity index (χ3v) is 6.70. The maximum absolute atomic E-state index is 12.8. The van der Waals surface area contributed by atoms with E-state index in [1.54, 1.807) is 0 Å². The monoisotopic (exact) mass is 400 g/mol. The van der Waals surface area contributed by atoms with Crippen molar-refractivity contribution in [2.75, 3.05) is 46.0 Å². The highest BCUT2D eigenvalue weighted by Crippen LogP contribution is 2.28. The third-order valence-electron chi connectivity index (χ3n) is 6.70. The van der Waals surface area contributed by atoms with Gasteiger partial charge in [0, 0.05) is 44.6 Å². The fraction of sp³-hybridized carbons (Fsp3) is 0.708. The molecule has 5 nitrogen and oxygen atoms in total. The molecular formula is C24H36N2O3. The highest BCUT2D eigenvalue weighted by Gasteiger charge is 2.29. The van der Waals surface area contributed by atoms with E-state index in [-0.39, 0.29) is 5.92 Å². The van der Waals surface area contributed by atoms with Gasteiger partial charge in [-0.2, -0.15) is 0 Å². The summed E-state index contributed by atoms with van der Waals surface area (Å²) in [4.78, 5) is 17.4. The average molecular weight is 401 g/mol. The zero-order valence-electron chi connectivity index (χ0n) is 17.7. The summed E-state index contributed by atoms with van der Waals surface area (Å²) in [6.45, 7) is 7.17. The first kappa shape index (κ1) is 20.7. The fourth-order valence-electron chi connectivity index (χ4n) is 4.93. The fourth-order valence-corrected chi connectivity index (χ4v) is 4.93. The van der Waals surface area contributed by atoms with E-state index in [4.69, 9.17) is 9.47 Å². The summed E-state index contributed by atoms with van der Waals surface area (Å²) in [7, 11) is 0. The van der Waals surface area contributed by atoms with Gasteiger partial charge in [-0.25, -0.2) is 0 Å². The minimum absolute atomic E-state index is 0.280. The van der Waals surface area contributed by atoms with E-state index in [1.165, 1.54) is 24.8 Å². The molecule has 2 aliphatic heterocycles. The van der Waals surface area contributed by atoms with Crippen LogP contribution in [-0.2, 0) is 16.1 Å². The third kappa shape index (κ3) is 5.95. The van der Waals surface area contributed by atoms with Gasteiger partial charge in [0.2, 0.25) is 5.91 Å². The van der Waals surface area contributed by atoms with Gasteiger partial charge < -0.3 is 14.4 Å². The van der Waals surface area contributed by atoms with Crippen LogP contribution in [0.1, 0.15) is 50.5 Å². The van der Waals surface area contributed by atoms with Crippen molar-refractivity contribution in [1.82, 2.24) is 9.80 Å². The lowest BCUT2D eigenvalue weighted by molar-refractivity contribution is -0.138. The smallest absolute Gasteiger partial charge is 0.225 e. The molecule has 1 amide bonds. The second kappa shape index (κ2) is 10.4. The summed E-state index contributed by atoms with van der Waals surface area (Å²) in [6, 6.07) is 8.52. The van der Waals surface area contributed by atoms with Crippen LogP contribution < -0.4 is 4.74 Å². The Bertz CT molecular complexity index is 636. The van der Waals surface area contributed by atoms with Gasteiger partial charge in [-0.15, -0.1) is 0 Å². The zero-order chi connectivity index (χ0) is 19.9. The molecule has 0 radical (unpaired) electrons. The predicted molar refractivity (Wildman–Crippen MR) is 114 cm³/mol. The van der Waals surface area contributed by atoms with Gasteiger partial charge >= 0.3 is 0 Å². The van der Waals surface area contributed by atoms with Gasteiger partial charge in [0.1, 0.15) is 5.75 Å². The number of likely N-dealkylation sites (tertiary alicyclic amines) is 1. The van der Waals surface area contributed by atoms with Gasteiger partial charge in [-0.3, -0.25) is 9.69 Å². The number of nitrogens with zero attached hydrogens (tertiary/aromatic N) is 2. The first-order valence-electron chi connectivity index (χ1n) is 11.6. The van der Waals surface area contributed by atoms with Crippen LogP contribution in [0.2, 0.25) is 0 Å². The van der Waals surface area contributed by atoms with E-state index in [0.29, 0.717) is 18.4 Å². The van der Waals surface area contributed by atoms with Crippen LogP contribution in [0.5, 0.6) is 5.75 Å². The van der Waals surface area contributed by atoms with E-state index in [9.17, 15) is 4.79 Å². The van der Waals surface area contributed by atoms with Gasteiger partial charge in [0.25, 0.3) is 0 Å². The van der Waals surface area contributed by atoms with Crippen LogP contribution in [0.3, 0.4) is 0 Å². The Labute approximate surface area is 175 Å². The van der Waals surface area contributed by atoms with E-state index in [1.807, 2.05) is 0 Å². The quantitative estimate of drug-likeness (QED) is 0.730. The van der Waals surface area contributed by atoms with Crippen LogP contribution in [0.4, 0.5) is 0 Å². The molecule has 3 fully saturated rings. The Hall–Kier alpha value is -1.59. The standard InChI is InChI=1S/C24H36N2O3/c27-24(22-6-2-1-3-7-22)26-12-4-5-21(18-26)19-29-23-10-8-20(9-11-23)17-25-13-15-28-16-14-25/h8-11,21-22H,1-7,12-19H2. The van der Waals surface area contributed by atoms with Crippen molar-refractivity contribution in [3.63, 3.8) is 0 Å².